The van der Waals surface area contributed by atoms with Crippen LogP contribution in [-0.4, -0.2) is 14.5 Å². The summed E-state index contributed by atoms with van der Waals surface area (Å²) in [7, 11) is -5.52. The van der Waals surface area contributed by atoms with Gasteiger partial charge in [-0.1, -0.05) is 340 Å². The number of hydrogen-bond acceptors (Lipinski definition) is 2. The SMILES string of the molecule is c1ccc(-c2cccc(-c3nc(-c4cc(S(c5cccc(-c6ccccc6)c5)(c5cccc(-c6ccccc6)c5)c5cccc(-c6ccccc6)c5)cc(S(c5cccc(-c6ccccc6)c5)(c5cccc(-c6ccccc6)c5)c5cccc(-c6ccccc6)c5)c4)cc(-n4c5ccccc5c5ccccc54)n3)c2)cc1. The van der Waals surface area contributed by atoms with Crippen LogP contribution in [0.3, 0.4) is 0 Å². The molecule has 111 heavy (non-hydrogen) atoms. The molecule has 17 aromatic carbocycles. The standard InChI is InChI=1S/C106H75N3S2/c1-8-33-76(34-9-1)83-47-26-54-90(65-83)106-107-102(75-105(108-106)109-103-63-24-22-61-100(103)101-62-23-25-64-104(101)109)91-72-98(110(92-55-27-48-84(66-92)77-35-10-2-11-36-77,93-56-28-49-85(67-93)78-37-12-3-13-38-78)94-57-29-50-86(68-94)79-39-14-4-15-40-79)74-99(73-91)111(95-58-30-51-87(69-95)80-41-16-5-17-42-80,96-59-31-52-88(70-96)81-43-18-6-19-44-81)97-60-32-53-89(71-97)82-45-20-7-21-46-82/h1-75H. The second kappa shape index (κ2) is 29.8. The van der Waals surface area contributed by atoms with Crippen molar-refractivity contribution in [1.29, 1.82) is 0 Å². The molecule has 0 radical (unpaired) electrons. The Hall–Kier alpha value is -13.7. The molecule has 0 aliphatic rings. The molecule has 0 aliphatic carbocycles. The number of benzene rings is 17. The van der Waals surface area contributed by atoms with Gasteiger partial charge in [0.2, 0.25) is 0 Å². The summed E-state index contributed by atoms with van der Waals surface area (Å²) in [5, 5.41) is 2.29. The van der Waals surface area contributed by atoms with E-state index in [1.165, 1.54) is 29.4 Å². The van der Waals surface area contributed by atoms with E-state index in [1.807, 2.05) is 0 Å². The molecule has 2 aromatic heterocycles. The highest BCUT2D eigenvalue weighted by Gasteiger charge is 2.40. The maximum absolute atomic E-state index is 6.08. The number of rotatable bonds is 18. The van der Waals surface area contributed by atoms with Crippen molar-refractivity contribution in [2.45, 2.75) is 39.2 Å². The second-order valence-corrected chi connectivity index (χ2v) is 34.3. The van der Waals surface area contributed by atoms with E-state index in [9.17, 15) is 0 Å². The summed E-state index contributed by atoms with van der Waals surface area (Å²) < 4.78 is 2.36. The van der Waals surface area contributed by atoms with Crippen LogP contribution < -0.4 is 0 Å². The van der Waals surface area contributed by atoms with Gasteiger partial charge in [-0.2, -0.15) is 0 Å². The first-order valence-electron chi connectivity index (χ1n) is 37.8. The first kappa shape index (κ1) is 67.9. The van der Waals surface area contributed by atoms with E-state index in [1.54, 1.807) is 0 Å². The molecule has 0 atom stereocenters. The number of nitrogens with zero attached hydrogens (tertiary/aromatic N) is 3. The Morgan fingerprint density at radius 1 is 0.162 bits per heavy atom. The molecule has 19 rings (SSSR count). The average molecular weight is 1450 g/mol. The minimum absolute atomic E-state index is 0.606. The number of aromatic nitrogens is 3. The molecular formula is C106H75N3S2. The molecule has 0 spiro atoms. The van der Waals surface area contributed by atoms with E-state index in [-0.39, 0.29) is 0 Å². The number of para-hydroxylation sites is 2. The Labute approximate surface area is 652 Å². The molecule has 19 aromatic rings. The van der Waals surface area contributed by atoms with Crippen molar-refractivity contribution in [2.24, 2.45) is 0 Å². The van der Waals surface area contributed by atoms with E-state index in [0.29, 0.717) is 5.82 Å². The van der Waals surface area contributed by atoms with Crippen LogP contribution in [0.5, 0.6) is 0 Å². The van der Waals surface area contributed by atoms with E-state index in [2.05, 4.69) is 460 Å². The lowest BCUT2D eigenvalue weighted by Gasteiger charge is -2.46. The summed E-state index contributed by atoms with van der Waals surface area (Å²) in [6.07, 6.45) is 0. The summed E-state index contributed by atoms with van der Waals surface area (Å²) in [5.41, 5.74) is 20.5. The van der Waals surface area contributed by atoms with Gasteiger partial charge in [-0.05, 0) is 187 Å². The van der Waals surface area contributed by atoms with Gasteiger partial charge in [0.25, 0.3) is 0 Å². The van der Waals surface area contributed by atoms with Crippen molar-refractivity contribution in [2.75, 3.05) is 0 Å². The van der Waals surface area contributed by atoms with Crippen LogP contribution in [0.25, 0.3) is 128 Å². The van der Waals surface area contributed by atoms with Gasteiger partial charge in [-0.15, -0.1) is 20.1 Å². The molecule has 0 aliphatic heterocycles. The van der Waals surface area contributed by atoms with Crippen molar-refractivity contribution in [3.05, 3.63) is 455 Å². The molecule has 526 valence electrons. The monoisotopic (exact) mass is 1450 g/mol. The minimum Gasteiger partial charge on any atom is -0.294 e. The van der Waals surface area contributed by atoms with Gasteiger partial charge in [-0.3, -0.25) is 4.57 Å². The Balaban J connectivity index is 1.02. The highest BCUT2D eigenvalue weighted by Crippen LogP contribution is 2.79. The van der Waals surface area contributed by atoms with Crippen molar-refractivity contribution in [1.82, 2.24) is 14.5 Å². The highest BCUT2D eigenvalue weighted by molar-refractivity contribution is 8.34. The largest absolute Gasteiger partial charge is 0.294 e. The van der Waals surface area contributed by atoms with Crippen LogP contribution in [0.4, 0.5) is 0 Å². The zero-order chi connectivity index (χ0) is 73.9. The Morgan fingerprint density at radius 3 is 0.694 bits per heavy atom. The molecular weight excluding hydrogens is 1380 g/mol. The second-order valence-electron chi connectivity index (χ2n) is 28.0. The van der Waals surface area contributed by atoms with Crippen LogP contribution in [0.15, 0.2) is 494 Å². The number of hydrogen-bond donors (Lipinski definition) is 0. The number of fused-ring (bicyclic) bond motifs is 3. The van der Waals surface area contributed by atoms with Crippen LogP contribution in [0.1, 0.15) is 0 Å². The Morgan fingerprint density at radius 2 is 0.396 bits per heavy atom. The maximum atomic E-state index is 6.08. The smallest absolute Gasteiger partial charge is 0.162 e. The normalized spacial score (nSPS) is 11.9. The van der Waals surface area contributed by atoms with Gasteiger partial charge >= 0.3 is 0 Å². The summed E-state index contributed by atoms with van der Waals surface area (Å²) in [5.74, 6) is 1.36. The predicted octanol–water partition coefficient (Wildman–Crippen LogP) is 29.3. The third-order valence-electron chi connectivity index (χ3n) is 21.4. The quantitative estimate of drug-likeness (QED) is 0.0857. The van der Waals surface area contributed by atoms with Gasteiger partial charge in [0.1, 0.15) is 5.82 Å². The molecule has 0 unspecified atom stereocenters. The molecule has 0 saturated carbocycles. The molecule has 0 saturated heterocycles. The van der Waals surface area contributed by atoms with Gasteiger partial charge < -0.3 is 0 Å². The predicted molar refractivity (Wildman–Crippen MR) is 465 cm³/mol. The fraction of sp³-hybridized carbons (Fsp3) is 0. The van der Waals surface area contributed by atoms with Crippen molar-refractivity contribution in [3.63, 3.8) is 0 Å². The summed E-state index contributed by atoms with van der Waals surface area (Å²) in [6.45, 7) is 0. The zero-order valence-corrected chi connectivity index (χ0v) is 62.6. The van der Waals surface area contributed by atoms with Crippen molar-refractivity contribution in [3.8, 4) is 106 Å². The van der Waals surface area contributed by atoms with E-state index in [4.69, 9.17) is 9.97 Å². The Bertz CT molecular complexity index is 5840. The van der Waals surface area contributed by atoms with E-state index in [0.717, 1.165) is 132 Å². The molecule has 5 heteroatoms. The van der Waals surface area contributed by atoms with Crippen LogP contribution in [0, 0.1) is 0 Å². The Kier molecular flexibility index (Phi) is 18.2. The summed E-state index contributed by atoms with van der Waals surface area (Å²) in [6, 6.07) is 169. The first-order chi connectivity index (χ1) is 55.0. The summed E-state index contributed by atoms with van der Waals surface area (Å²) >= 11 is 0. The van der Waals surface area contributed by atoms with E-state index < -0.39 is 20.1 Å². The van der Waals surface area contributed by atoms with Gasteiger partial charge in [0, 0.05) is 67.1 Å². The van der Waals surface area contributed by atoms with E-state index >= 15 is 0 Å². The molecule has 3 nitrogen and oxygen atoms in total. The van der Waals surface area contributed by atoms with Gasteiger partial charge in [0.15, 0.2) is 5.82 Å². The van der Waals surface area contributed by atoms with Crippen LogP contribution in [-0.2, 0) is 0 Å². The first-order valence-corrected chi connectivity index (χ1v) is 41.1. The molecule has 0 N–H and O–H groups in total. The zero-order valence-electron chi connectivity index (χ0n) is 61.0. The average Bonchev–Trinajstić information content (AvgIpc) is 1.56. The van der Waals surface area contributed by atoms with Crippen LogP contribution >= 0.6 is 20.1 Å². The lowest BCUT2D eigenvalue weighted by atomic mass is 10.0. The molecule has 2 heterocycles. The maximum Gasteiger partial charge on any atom is 0.162 e. The minimum atomic E-state index is -2.76. The third-order valence-corrected chi connectivity index (χ3v) is 29.1. The molecule has 0 amide bonds. The van der Waals surface area contributed by atoms with Gasteiger partial charge in [0.05, 0.1) is 16.7 Å². The lowest BCUT2D eigenvalue weighted by molar-refractivity contribution is 1.05. The summed E-state index contributed by atoms with van der Waals surface area (Å²) in [4.78, 5) is 21.2. The lowest BCUT2D eigenvalue weighted by Crippen LogP contribution is -2.10. The fourth-order valence-electron chi connectivity index (χ4n) is 16.2. The highest BCUT2D eigenvalue weighted by atomic mass is 32.3. The molecule has 0 fully saturated rings. The topological polar surface area (TPSA) is 30.7 Å². The fourth-order valence-corrected chi connectivity index (χ4v) is 24.2. The van der Waals surface area contributed by atoms with Crippen molar-refractivity contribution < 1.29 is 0 Å². The van der Waals surface area contributed by atoms with Crippen LogP contribution in [0.2, 0.25) is 0 Å². The molecule has 0 bridgehead atoms. The van der Waals surface area contributed by atoms with Crippen molar-refractivity contribution >= 4 is 41.9 Å². The van der Waals surface area contributed by atoms with Gasteiger partial charge in [-0.25, -0.2) is 9.97 Å². The third kappa shape index (κ3) is 12.8.